The standard InChI is InChI=1S/2C7H9NO.H2O4S/c2*1-9-7-4-2-6(8)3-5-7;1-5(2,3)4/h2*2-5H,8H2,1H3;(H2,1,2,3,4). The summed E-state index contributed by atoms with van der Waals surface area (Å²) in [5.41, 5.74) is 12.4. The Bertz CT molecular complexity index is 603. The van der Waals surface area contributed by atoms with Crippen molar-refractivity contribution in [2.45, 2.75) is 0 Å². The zero-order valence-corrected chi connectivity index (χ0v) is 13.5. The van der Waals surface area contributed by atoms with Crippen LogP contribution >= 0.6 is 0 Å². The Balaban J connectivity index is 0.000000332. The molecule has 0 amide bonds. The average molecular weight is 344 g/mol. The van der Waals surface area contributed by atoms with Gasteiger partial charge in [-0.3, -0.25) is 9.11 Å². The lowest BCUT2D eigenvalue weighted by Gasteiger charge is -1.97. The highest BCUT2D eigenvalue weighted by atomic mass is 32.3. The van der Waals surface area contributed by atoms with Gasteiger partial charge in [0.05, 0.1) is 14.2 Å². The second-order valence-electron chi connectivity index (χ2n) is 3.99. The number of nitrogens with two attached hydrogens (primary N) is 2. The molecule has 0 saturated carbocycles. The van der Waals surface area contributed by atoms with Gasteiger partial charge in [0.15, 0.2) is 0 Å². The molecule has 6 N–H and O–H groups in total. The van der Waals surface area contributed by atoms with E-state index in [0.717, 1.165) is 22.9 Å². The number of hydrogen-bond acceptors (Lipinski definition) is 6. The number of rotatable bonds is 2. The molecule has 0 aliphatic rings. The molecule has 0 aliphatic heterocycles. The molecule has 0 aromatic heterocycles. The molecule has 9 heteroatoms. The largest absolute Gasteiger partial charge is 0.497 e. The Kier molecular flexibility index (Phi) is 9.16. The van der Waals surface area contributed by atoms with Crippen molar-refractivity contribution in [2.75, 3.05) is 25.7 Å². The van der Waals surface area contributed by atoms with Gasteiger partial charge in [-0.2, -0.15) is 8.42 Å². The van der Waals surface area contributed by atoms with E-state index in [9.17, 15) is 0 Å². The monoisotopic (exact) mass is 344 g/mol. The van der Waals surface area contributed by atoms with Crippen molar-refractivity contribution in [1.82, 2.24) is 0 Å². The van der Waals surface area contributed by atoms with Crippen LogP contribution in [0.25, 0.3) is 0 Å². The van der Waals surface area contributed by atoms with Crippen molar-refractivity contribution in [2.24, 2.45) is 0 Å². The number of nitrogen functional groups attached to an aromatic ring is 2. The smallest absolute Gasteiger partial charge is 0.394 e. The molecule has 23 heavy (non-hydrogen) atoms. The number of ether oxygens (including phenoxy) is 2. The van der Waals surface area contributed by atoms with Gasteiger partial charge in [0.25, 0.3) is 0 Å². The molecule has 0 aliphatic carbocycles. The number of methoxy groups -OCH3 is 2. The quantitative estimate of drug-likeness (QED) is 0.477. The first kappa shape index (κ1) is 20.5. The van der Waals surface area contributed by atoms with E-state index in [-0.39, 0.29) is 0 Å². The van der Waals surface area contributed by atoms with Crippen LogP contribution < -0.4 is 20.9 Å². The van der Waals surface area contributed by atoms with Crippen LogP contribution in [-0.2, 0) is 10.4 Å². The normalized spacial score (nSPS) is 9.57. The van der Waals surface area contributed by atoms with E-state index < -0.39 is 10.4 Å². The second-order valence-corrected chi connectivity index (χ2v) is 4.89. The molecule has 2 aromatic carbocycles. The van der Waals surface area contributed by atoms with Gasteiger partial charge in [0.1, 0.15) is 11.5 Å². The molecular formula is C14H20N2O6S. The number of anilines is 2. The Morgan fingerprint density at radius 1 is 0.739 bits per heavy atom. The van der Waals surface area contributed by atoms with Crippen LogP contribution in [0.15, 0.2) is 48.5 Å². The fourth-order valence-corrected chi connectivity index (χ4v) is 1.21. The third-order valence-corrected chi connectivity index (χ3v) is 2.23. The van der Waals surface area contributed by atoms with Crippen molar-refractivity contribution >= 4 is 21.8 Å². The lowest BCUT2D eigenvalue weighted by molar-refractivity contribution is 0.381. The first-order chi connectivity index (χ1) is 10.7. The maximum atomic E-state index is 8.74. The first-order valence-electron chi connectivity index (χ1n) is 6.14. The van der Waals surface area contributed by atoms with Gasteiger partial charge >= 0.3 is 10.4 Å². The zero-order chi connectivity index (χ0) is 17.9. The van der Waals surface area contributed by atoms with Gasteiger partial charge < -0.3 is 20.9 Å². The summed E-state index contributed by atoms with van der Waals surface area (Å²) in [5.74, 6) is 1.67. The van der Waals surface area contributed by atoms with E-state index in [1.165, 1.54) is 0 Å². The molecule has 0 atom stereocenters. The molecular weight excluding hydrogens is 324 g/mol. The minimum Gasteiger partial charge on any atom is -0.497 e. The van der Waals surface area contributed by atoms with E-state index in [0.29, 0.717) is 0 Å². The van der Waals surface area contributed by atoms with E-state index in [1.54, 1.807) is 38.5 Å². The summed E-state index contributed by atoms with van der Waals surface area (Å²) in [7, 11) is -1.41. The van der Waals surface area contributed by atoms with Crippen molar-refractivity contribution in [3.8, 4) is 11.5 Å². The fraction of sp³-hybridized carbons (Fsp3) is 0.143. The molecule has 0 unspecified atom stereocenters. The predicted molar refractivity (Wildman–Crippen MR) is 89.0 cm³/mol. The van der Waals surface area contributed by atoms with Crippen LogP contribution in [0.3, 0.4) is 0 Å². The molecule has 0 bridgehead atoms. The van der Waals surface area contributed by atoms with E-state index >= 15 is 0 Å². The number of hydrogen-bond donors (Lipinski definition) is 4. The molecule has 8 nitrogen and oxygen atoms in total. The average Bonchev–Trinajstić information content (AvgIpc) is 2.48. The first-order valence-corrected chi connectivity index (χ1v) is 7.54. The summed E-state index contributed by atoms with van der Waals surface area (Å²) < 4.78 is 41.4. The molecule has 0 spiro atoms. The van der Waals surface area contributed by atoms with Crippen molar-refractivity contribution in [3.63, 3.8) is 0 Å². The van der Waals surface area contributed by atoms with Crippen LogP contribution in [0.2, 0.25) is 0 Å². The Morgan fingerprint density at radius 2 is 0.957 bits per heavy atom. The van der Waals surface area contributed by atoms with Crippen molar-refractivity contribution < 1.29 is 27.0 Å². The van der Waals surface area contributed by atoms with Crippen LogP contribution in [0.4, 0.5) is 11.4 Å². The summed E-state index contributed by atoms with van der Waals surface area (Å²) >= 11 is 0. The highest BCUT2D eigenvalue weighted by Crippen LogP contribution is 2.12. The van der Waals surface area contributed by atoms with Crippen LogP contribution in [-0.4, -0.2) is 31.7 Å². The molecule has 2 rings (SSSR count). The van der Waals surface area contributed by atoms with Crippen LogP contribution in [0, 0.1) is 0 Å². The second kappa shape index (κ2) is 10.3. The van der Waals surface area contributed by atoms with E-state index in [4.69, 9.17) is 38.5 Å². The number of benzene rings is 2. The molecule has 0 radical (unpaired) electrons. The molecule has 0 heterocycles. The van der Waals surface area contributed by atoms with Gasteiger partial charge in [0.2, 0.25) is 0 Å². The molecule has 0 fully saturated rings. The predicted octanol–water partition coefficient (Wildman–Crippen LogP) is 1.90. The van der Waals surface area contributed by atoms with Gasteiger partial charge in [-0.05, 0) is 48.5 Å². The van der Waals surface area contributed by atoms with E-state index in [2.05, 4.69) is 0 Å². The Labute approximate surface area is 135 Å². The highest BCUT2D eigenvalue weighted by Gasteiger charge is 1.87. The third-order valence-electron chi connectivity index (χ3n) is 2.23. The molecule has 128 valence electrons. The van der Waals surface area contributed by atoms with Gasteiger partial charge in [0, 0.05) is 11.4 Å². The van der Waals surface area contributed by atoms with Crippen LogP contribution in [0.1, 0.15) is 0 Å². The topological polar surface area (TPSA) is 145 Å². The third kappa shape index (κ3) is 12.9. The van der Waals surface area contributed by atoms with Crippen molar-refractivity contribution in [1.29, 1.82) is 0 Å². The van der Waals surface area contributed by atoms with Gasteiger partial charge in [-0.25, -0.2) is 0 Å². The molecule has 0 saturated heterocycles. The summed E-state index contributed by atoms with van der Waals surface area (Å²) in [4.78, 5) is 0. The van der Waals surface area contributed by atoms with Gasteiger partial charge in [-0.15, -0.1) is 0 Å². The summed E-state index contributed by atoms with van der Waals surface area (Å²) in [6.45, 7) is 0. The maximum absolute atomic E-state index is 8.74. The molecule has 2 aromatic rings. The maximum Gasteiger partial charge on any atom is 0.394 e. The van der Waals surface area contributed by atoms with E-state index in [1.807, 2.05) is 24.3 Å². The zero-order valence-electron chi connectivity index (χ0n) is 12.7. The highest BCUT2D eigenvalue weighted by molar-refractivity contribution is 7.79. The Morgan fingerprint density at radius 3 is 1.13 bits per heavy atom. The minimum atomic E-state index is -4.67. The van der Waals surface area contributed by atoms with Gasteiger partial charge in [-0.1, -0.05) is 0 Å². The lowest BCUT2D eigenvalue weighted by atomic mass is 10.3. The van der Waals surface area contributed by atoms with Crippen LogP contribution in [0.5, 0.6) is 11.5 Å². The SMILES string of the molecule is COc1ccc(N)cc1.COc1ccc(N)cc1.O=S(=O)(O)O. The summed E-state index contributed by atoms with van der Waals surface area (Å²) in [6, 6.07) is 14.5. The summed E-state index contributed by atoms with van der Waals surface area (Å²) in [6.07, 6.45) is 0. The minimum absolute atomic E-state index is 0.760. The van der Waals surface area contributed by atoms with Crippen molar-refractivity contribution in [3.05, 3.63) is 48.5 Å². The lowest BCUT2D eigenvalue weighted by Crippen LogP contribution is -1.89. The Hall–Kier alpha value is -2.49. The fourth-order valence-electron chi connectivity index (χ4n) is 1.21. The summed E-state index contributed by atoms with van der Waals surface area (Å²) in [5, 5.41) is 0.